The molecule has 5 heteroatoms. The maximum atomic E-state index is 9.17. The molecule has 0 spiro atoms. The highest BCUT2D eigenvalue weighted by Crippen LogP contribution is 2.26. The van der Waals surface area contributed by atoms with E-state index >= 15 is 0 Å². The first kappa shape index (κ1) is 11.6. The van der Waals surface area contributed by atoms with E-state index in [0.29, 0.717) is 4.91 Å². The Bertz CT molecular complexity index is 729. The predicted octanol–water partition coefficient (Wildman–Crippen LogP) is 3.55. The van der Waals surface area contributed by atoms with Crippen molar-refractivity contribution in [1.29, 1.82) is 5.26 Å². The van der Waals surface area contributed by atoms with Gasteiger partial charge in [0.1, 0.15) is 6.07 Å². The first-order valence-corrected chi connectivity index (χ1v) is 6.54. The fourth-order valence-electron chi connectivity index (χ4n) is 1.74. The minimum absolute atomic E-state index is 0.585. The van der Waals surface area contributed by atoms with Crippen molar-refractivity contribution in [2.24, 2.45) is 0 Å². The maximum Gasteiger partial charge on any atom is 0.171 e. The Balaban J connectivity index is 1.89. The maximum absolute atomic E-state index is 9.17. The van der Waals surface area contributed by atoms with Gasteiger partial charge in [0.25, 0.3) is 0 Å². The van der Waals surface area contributed by atoms with Crippen LogP contribution in [0.3, 0.4) is 0 Å². The van der Waals surface area contributed by atoms with Gasteiger partial charge in [0.15, 0.2) is 5.16 Å². The highest BCUT2D eigenvalue weighted by atomic mass is 32.2. The molecule has 19 heavy (non-hydrogen) atoms. The molecule has 0 unspecified atom stereocenters. The van der Waals surface area contributed by atoms with Gasteiger partial charge in [-0.1, -0.05) is 12.1 Å². The number of nitrogens with one attached hydrogen (secondary N) is 2. The quantitative estimate of drug-likeness (QED) is 0.562. The fraction of sp³-hybridized carbons (Fsp3) is 0. The third-order valence-corrected chi connectivity index (χ3v) is 3.41. The van der Waals surface area contributed by atoms with Crippen LogP contribution in [0.25, 0.3) is 17.1 Å². The lowest BCUT2D eigenvalue weighted by atomic mass is 10.3. The molecule has 2 heterocycles. The van der Waals surface area contributed by atoms with E-state index in [1.165, 1.54) is 11.8 Å². The zero-order valence-corrected chi connectivity index (χ0v) is 10.7. The van der Waals surface area contributed by atoms with E-state index in [4.69, 9.17) is 5.26 Å². The first-order chi connectivity index (χ1) is 9.35. The van der Waals surface area contributed by atoms with Crippen molar-refractivity contribution < 1.29 is 0 Å². The summed E-state index contributed by atoms with van der Waals surface area (Å²) in [6.45, 7) is 0. The van der Waals surface area contributed by atoms with Crippen molar-refractivity contribution in [2.75, 3.05) is 0 Å². The Morgan fingerprint density at radius 3 is 2.89 bits per heavy atom. The molecule has 2 aromatic heterocycles. The number of H-pyrrole nitrogens is 2. The van der Waals surface area contributed by atoms with Gasteiger partial charge in [0.2, 0.25) is 0 Å². The van der Waals surface area contributed by atoms with Crippen LogP contribution in [-0.2, 0) is 0 Å². The highest BCUT2D eigenvalue weighted by Gasteiger charge is 2.06. The van der Waals surface area contributed by atoms with Crippen LogP contribution in [-0.4, -0.2) is 15.0 Å². The molecule has 0 saturated heterocycles. The number of imidazole rings is 1. The van der Waals surface area contributed by atoms with Gasteiger partial charge in [-0.25, -0.2) is 4.98 Å². The number of hydrogen-bond donors (Lipinski definition) is 2. The number of hydrogen-bond acceptors (Lipinski definition) is 3. The van der Waals surface area contributed by atoms with Crippen LogP contribution in [0, 0.1) is 11.3 Å². The molecular weight excluding hydrogens is 256 g/mol. The number of allylic oxidation sites excluding steroid dienone is 1. The van der Waals surface area contributed by atoms with Crippen LogP contribution < -0.4 is 0 Å². The molecule has 0 amide bonds. The number of nitriles is 1. The van der Waals surface area contributed by atoms with Gasteiger partial charge in [-0.3, -0.25) is 0 Å². The summed E-state index contributed by atoms with van der Waals surface area (Å²) in [7, 11) is 0. The molecule has 92 valence electrons. The molecule has 3 rings (SSSR count). The molecule has 3 aromatic rings. The molecule has 0 aliphatic rings. The van der Waals surface area contributed by atoms with Crippen LogP contribution >= 0.6 is 11.8 Å². The SMILES string of the molecule is N#C/C(=C\c1ccc[nH]1)Sc1nc2ccccc2[nH]1. The van der Waals surface area contributed by atoms with Crippen molar-refractivity contribution in [3.8, 4) is 6.07 Å². The molecule has 2 N–H and O–H groups in total. The third-order valence-electron chi connectivity index (χ3n) is 2.59. The zero-order valence-electron chi connectivity index (χ0n) is 9.92. The van der Waals surface area contributed by atoms with Gasteiger partial charge in [0, 0.05) is 11.9 Å². The summed E-state index contributed by atoms with van der Waals surface area (Å²) in [5, 5.41) is 9.89. The Labute approximate surface area is 114 Å². The number of thioether (sulfide) groups is 1. The smallest absolute Gasteiger partial charge is 0.171 e. The van der Waals surface area contributed by atoms with E-state index in [1.807, 2.05) is 42.6 Å². The number of fused-ring (bicyclic) bond motifs is 1. The Morgan fingerprint density at radius 1 is 1.26 bits per heavy atom. The predicted molar refractivity (Wildman–Crippen MR) is 76.3 cm³/mol. The fourth-order valence-corrected chi connectivity index (χ4v) is 2.49. The van der Waals surface area contributed by atoms with Crippen LogP contribution in [0.4, 0.5) is 0 Å². The summed E-state index contributed by atoms with van der Waals surface area (Å²) in [5.41, 5.74) is 2.78. The van der Waals surface area contributed by atoms with Crippen molar-refractivity contribution in [2.45, 2.75) is 5.16 Å². The minimum atomic E-state index is 0.585. The second-order valence-electron chi connectivity index (χ2n) is 3.91. The average Bonchev–Trinajstić information content (AvgIpc) is 3.06. The van der Waals surface area contributed by atoms with Crippen LogP contribution in [0.5, 0.6) is 0 Å². The highest BCUT2D eigenvalue weighted by molar-refractivity contribution is 8.03. The van der Waals surface area contributed by atoms with Crippen molar-refractivity contribution in [3.63, 3.8) is 0 Å². The molecule has 0 atom stereocenters. The standard InChI is InChI=1S/C14H10N4S/c15-9-11(8-10-4-3-7-16-10)19-14-17-12-5-1-2-6-13(12)18-14/h1-8,16H,(H,17,18)/b11-8+. The normalized spacial score (nSPS) is 11.6. The molecule has 0 bridgehead atoms. The molecule has 0 aliphatic heterocycles. The lowest BCUT2D eigenvalue weighted by molar-refractivity contribution is 1.09. The molecular formula is C14H10N4S. The summed E-state index contributed by atoms with van der Waals surface area (Å²) in [4.78, 5) is 11.3. The van der Waals surface area contributed by atoms with Gasteiger partial charge < -0.3 is 9.97 Å². The van der Waals surface area contributed by atoms with Crippen LogP contribution in [0.2, 0.25) is 0 Å². The second kappa shape index (κ2) is 5.04. The summed E-state index contributed by atoms with van der Waals surface area (Å²) < 4.78 is 0. The summed E-state index contributed by atoms with van der Waals surface area (Å²) in [6.07, 6.45) is 3.63. The van der Waals surface area contributed by atoms with Crippen LogP contribution in [0.1, 0.15) is 5.69 Å². The number of aromatic nitrogens is 3. The van der Waals surface area contributed by atoms with E-state index in [-0.39, 0.29) is 0 Å². The molecule has 0 fully saturated rings. The second-order valence-corrected chi connectivity index (χ2v) is 4.94. The average molecular weight is 266 g/mol. The number of benzene rings is 1. The molecule has 0 radical (unpaired) electrons. The van der Waals surface area contributed by atoms with E-state index in [0.717, 1.165) is 21.9 Å². The molecule has 0 saturated carbocycles. The molecule has 1 aromatic carbocycles. The Morgan fingerprint density at radius 2 is 2.16 bits per heavy atom. The number of nitrogens with zero attached hydrogens (tertiary/aromatic N) is 2. The van der Waals surface area contributed by atoms with Gasteiger partial charge in [-0.15, -0.1) is 0 Å². The van der Waals surface area contributed by atoms with E-state index in [9.17, 15) is 0 Å². The Hall–Kier alpha value is -2.45. The first-order valence-electron chi connectivity index (χ1n) is 5.73. The lowest BCUT2D eigenvalue weighted by Crippen LogP contribution is -1.78. The third kappa shape index (κ3) is 2.54. The molecule has 0 aliphatic carbocycles. The molecule has 4 nitrogen and oxygen atoms in total. The number of para-hydroxylation sites is 2. The zero-order chi connectivity index (χ0) is 13.1. The number of rotatable bonds is 3. The van der Waals surface area contributed by atoms with E-state index in [2.05, 4.69) is 21.0 Å². The Kier molecular flexibility index (Phi) is 3.09. The lowest BCUT2D eigenvalue weighted by Gasteiger charge is -1.93. The van der Waals surface area contributed by atoms with E-state index < -0.39 is 0 Å². The summed E-state index contributed by atoms with van der Waals surface area (Å²) >= 11 is 1.33. The van der Waals surface area contributed by atoms with Crippen molar-refractivity contribution in [1.82, 2.24) is 15.0 Å². The van der Waals surface area contributed by atoms with Gasteiger partial charge in [0.05, 0.1) is 15.9 Å². The van der Waals surface area contributed by atoms with Gasteiger partial charge in [-0.05, 0) is 42.1 Å². The van der Waals surface area contributed by atoms with Gasteiger partial charge >= 0.3 is 0 Å². The van der Waals surface area contributed by atoms with Crippen molar-refractivity contribution in [3.05, 3.63) is 53.2 Å². The summed E-state index contributed by atoms with van der Waals surface area (Å²) in [5.74, 6) is 0. The monoisotopic (exact) mass is 266 g/mol. The largest absolute Gasteiger partial charge is 0.362 e. The number of aromatic amines is 2. The minimum Gasteiger partial charge on any atom is -0.362 e. The van der Waals surface area contributed by atoms with Crippen LogP contribution in [0.15, 0.2) is 52.7 Å². The van der Waals surface area contributed by atoms with E-state index in [1.54, 1.807) is 6.08 Å². The summed E-state index contributed by atoms with van der Waals surface area (Å²) in [6, 6.07) is 13.8. The van der Waals surface area contributed by atoms with Crippen molar-refractivity contribution >= 4 is 28.9 Å². The van der Waals surface area contributed by atoms with Gasteiger partial charge in [-0.2, -0.15) is 5.26 Å². The topological polar surface area (TPSA) is 68.3 Å².